The molecule has 1 aromatic carbocycles. The van der Waals surface area contributed by atoms with Crippen LogP contribution in [0.1, 0.15) is 19.4 Å². The van der Waals surface area contributed by atoms with Crippen molar-refractivity contribution in [1.29, 1.82) is 5.26 Å². The molecule has 1 atom stereocenters. The van der Waals surface area contributed by atoms with Gasteiger partial charge in [0.2, 0.25) is 0 Å². The number of nitriles is 1. The summed E-state index contributed by atoms with van der Waals surface area (Å²) in [5, 5.41) is 22.6. The predicted octanol–water partition coefficient (Wildman–Crippen LogP) is 1.86. The van der Waals surface area contributed by atoms with Gasteiger partial charge in [0.05, 0.1) is 4.92 Å². The van der Waals surface area contributed by atoms with E-state index in [0.29, 0.717) is 18.2 Å². The Kier molecular flexibility index (Phi) is 4.63. The predicted molar refractivity (Wildman–Crippen MR) is 69.1 cm³/mol. The number of nitrogens with zero attached hydrogens (tertiary/aromatic N) is 2. The smallest absolute Gasteiger partial charge is 0.287 e. The molecule has 18 heavy (non-hydrogen) atoms. The summed E-state index contributed by atoms with van der Waals surface area (Å²) in [5.41, 5.74) is 6.40. The summed E-state index contributed by atoms with van der Waals surface area (Å²) < 4.78 is 0. The van der Waals surface area contributed by atoms with Gasteiger partial charge in [-0.1, -0.05) is 13.8 Å². The number of nitrogens with one attached hydrogen (secondary N) is 1. The van der Waals surface area contributed by atoms with Gasteiger partial charge in [-0.15, -0.1) is 0 Å². The minimum Gasteiger partial charge on any atom is -0.383 e. The Morgan fingerprint density at radius 3 is 2.72 bits per heavy atom. The number of nitro groups is 1. The van der Waals surface area contributed by atoms with E-state index in [1.165, 1.54) is 12.1 Å². The topological polar surface area (TPSA) is 105 Å². The van der Waals surface area contributed by atoms with Crippen molar-refractivity contribution in [2.24, 2.45) is 11.7 Å². The molecule has 0 heterocycles. The van der Waals surface area contributed by atoms with Gasteiger partial charge >= 0.3 is 0 Å². The standard InChI is InChI=1S/C12H16N4O2/c1-8(2)11(14)7-15-10-3-4-12(16(17)18)9(5-10)6-13/h3-5,8,11,15H,7,14H2,1-2H3. The molecule has 1 aromatic rings. The van der Waals surface area contributed by atoms with Crippen LogP contribution < -0.4 is 11.1 Å². The second kappa shape index (κ2) is 5.98. The molecule has 0 saturated carbocycles. The van der Waals surface area contributed by atoms with Crippen molar-refractivity contribution in [3.8, 4) is 6.07 Å². The van der Waals surface area contributed by atoms with E-state index in [1.807, 2.05) is 19.9 Å². The lowest BCUT2D eigenvalue weighted by molar-refractivity contribution is -0.385. The average molecular weight is 248 g/mol. The molecule has 0 aliphatic rings. The summed E-state index contributed by atoms with van der Waals surface area (Å²) in [4.78, 5) is 10.1. The van der Waals surface area contributed by atoms with Crippen molar-refractivity contribution in [3.05, 3.63) is 33.9 Å². The summed E-state index contributed by atoms with van der Waals surface area (Å²) in [5.74, 6) is 0.339. The van der Waals surface area contributed by atoms with Crippen molar-refractivity contribution >= 4 is 11.4 Å². The Balaban J connectivity index is 2.81. The highest BCUT2D eigenvalue weighted by Gasteiger charge is 2.14. The normalized spacial score (nSPS) is 11.9. The van der Waals surface area contributed by atoms with E-state index in [4.69, 9.17) is 11.0 Å². The maximum absolute atomic E-state index is 10.7. The van der Waals surface area contributed by atoms with Crippen LogP contribution in [0.5, 0.6) is 0 Å². The number of nitro benzene ring substituents is 1. The van der Waals surface area contributed by atoms with Gasteiger partial charge in [0.1, 0.15) is 11.6 Å². The Hall–Kier alpha value is -2.13. The molecular formula is C12H16N4O2. The Labute approximate surface area is 106 Å². The Bertz CT molecular complexity index is 479. The Morgan fingerprint density at radius 1 is 1.56 bits per heavy atom. The van der Waals surface area contributed by atoms with Crippen molar-refractivity contribution in [2.75, 3.05) is 11.9 Å². The molecule has 0 aromatic heterocycles. The molecule has 0 bridgehead atoms. The molecule has 0 spiro atoms. The van der Waals surface area contributed by atoms with Gasteiger partial charge in [-0.2, -0.15) is 5.26 Å². The second-order valence-corrected chi connectivity index (χ2v) is 4.39. The van der Waals surface area contributed by atoms with Gasteiger partial charge < -0.3 is 11.1 Å². The van der Waals surface area contributed by atoms with Gasteiger partial charge in [-0.3, -0.25) is 10.1 Å². The minimum absolute atomic E-state index is 0.00859. The monoisotopic (exact) mass is 248 g/mol. The van der Waals surface area contributed by atoms with E-state index >= 15 is 0 Å². The SMILES string of the molecule is CC(C)C(N)CNc1ccc([N+](=O)[O-])c(C#N)c1. The number of benzene rings is 1. The first-order chi connectivity index (χ1) is 8.45. The lowest BCUT2D eigenvalue weighted by Crippen LogP contribution is -2.33. The third-order valence-electron chi connectivity index (χ3n) is 2.71. The number of hydrogen-bond donors (Lipinski definition) is 2. The fraction of sp³-hybridized carbons (Fsp3) is 0.417. The first kappa shape index (κ1) is 13.9. The van der Waals surface area contributed by atoms with Gasteiger partial charge in [-0.05, 0) is 18.1 Å². The van der Waals surface area contributed by atoms with Crippen LogP contribution in [0.2, 0.25) is 0 Å². The third kappa shape index (κ3) is 3.43. The van der Waals surface area contributed by atoms with E-state index in [0.717, 1.165) is 0 Å². The van der Waals surface area contributed by atoms with Crippen LogP contribution in [0.25, 0.3) is 0 Å². The number of rotatable bonds is 5. The molecule has 96 valence electrons. The van der Waals surface area contributed by atoms with Crippen LogP contribution in [-0.2, 0) is 0 Å². The van der Waals surface area contributed by atoms with Crippen molar-refractivity contribution in [2.45, 2.75) is 19.9 Å². The zero-order chi connectivity index (χ0) is 13.7. The first-order valence-corrected chi connectivity index (χ1v) is 5.63. The van der Waals surface area contributed by atoms with Crippen molar-refractivity contribution in [3.63, 3.8) is 0 Å². The largest absolute Gasteiger partial charge is 0.383 e. The number of hydrogen-bond acceptors (Lipinski definition) is 5. The summed E-state index contributed by atoms with van der Waals surface area (Å²) >= 11 is 0. The summed E-state index contributed by atoms with van der Waals surface area (Å²) in [6.07, 6.45) is 0. The number of anilines is 1. The molecule has 1 rings (SSSR count). The van der Waals surface area contributed by atoms with Crippen molar-refractivity contribution < 1.29 is 4.92 Å². The summed E-state index contributed by atoms with van der Waals surface area (Å²) in [7, 11) is 0. The molecule has 0 radical (unpaired) electrons. The van der Waals surface area contributed by atoms with E-state index in [-0.39, 0.29) is 17.3 Å². The van der Waals surface area contributed by atoms with Crippen LogP contribution in [-0.4, -0.2) is 17.5 Å². The zero-order valence-electron chi connectivity index (χ0n) is 10.4. The highest BCUT2D eigenvalue weighted by molar-refractivity contribution is 5.58. The third-order valence-corrected chi connectivity index (χ3v) is 2.71. The summed E-state index contributed by atoms with van der Waals surface area (Å²) in [6, 6.07) is 6.17. The number of nitrogens with two attached hydrogens (primary N) is 1. The average Bonchev–Trinajstić information content (AvgIpc) is 2.34. The van der Waals surface area contributed by atoms with E-state index in [9.17, 15) is 10.1 Å². The maximum Gasteiger partial charge on any atom is 0.287 e. The zero-order valence-corrected chi connectivity index (χ0v) is 10.4. The van der Waals surface area contributed by atoms with E-state index in [1.54, 1.807) is 6.07 Å². The fourth-order valence-electron chi connectivity index (χ4n) is 1.37. The van der Waals surface area contributed by atoms with Crippen molar-refractivity contribution in [1.82, 2.24) is 0 Å². The highest BCUT2D eigenvalue weighted by Crippen LogP contribution is 2.21. The van der Waals surface area contributed by atoms with E-state index in [2.05, 4.69) is 5.32 Å². The van der Waals surface area contributed by atoms with Crippen LogP contribution in [0.15, 0.2) is 18.2 Å². The molecule has 3 N–H and O–H groups in total. The first-order valence-electron chi connectivity index (χ1n) is 5.63. The second-order valence-electron chi connectivity index (χ2n) is 4.39. The highest BCUT2D eigenvalue weighted by atomic mass is 16.6. The molecule has 0 amide bonds. The van der Waals surface area contributed by atoms with Gasteiger partial charge in [0, 0.05) is 24.3 Å². The lowest BCUT2D eigenvalue weighted by Gasteiger charge is -2.16. The maximum atomic E-state index is 10.7. The van der Waals surface area contributed by atoms with Gasteiger partial charge in [-0.25, -0.2) is 0 Å². The van der Waals surface area contributed by atoms with Crippen LogP contribution in [0.4, 0.5) is 11.4 Å². The molecular weight excluding hydrogens is 232 g/mol. The quantitative estimate of drug-likeness (QED) is 0.611. The molecule has 0 aliphatic carbocycles. The lowest BCUT2D eigenvalue weighted by atomic mass is 10.1. The fourth-order valence-corrected chi connectivity index (χ4v) is 1.37. The van der Waals surface area contributed by atoms with Gasteiger partial charge in [0.15, 0.2) is 0 Å². The molecule has 0 aliphatic heterocycles. The molecule has 0 saturated heterocycles. The minimum atomic E-state index is -0.567. The molecule has 6 nitrogen and oxygen atoms in total. The van der Waals surface area contributed by atoms with Crippen LogP contribution in [0, 0.1) is 27.4 Å². The van der Waals surface area contributed by atoms with E-state index < -0.39 is 4.92 Å². The molecule has 1 unspecified atom stereocenters. The molecule has 6 heteroatoms. The molecule has 0 fully saturated rings. The Morgan fingerprint density at radius 2 is 2.22 bits per heavy atom. The van der Waals surface area contributed by atoms with Crippen LogP contribution in [0.3, 0.4) is 0 Å². The van der Waals surface area contributed by atoms with Gasteiger partial charge in [0.25, 0.3) is 5.69 Å². The van der Waals surface area contributed by atoms with Crippen LogP contribution >= 0.6 is 0 Å². The summed E-state index contributed by atoms with van der Waals surface area (Å²) in [6.45, 7) is 4.59.